The van der Waals surface area contributed by atoms with Gasteiger partial charge in [-0.25, -0.2) is 4.98 Å². The predicted octanol–water partition coefficient (Wildman–Crippen LogP) is 6.56. The maximum absolute atomic E-state index is 13.2. The zero-order chi connectivity index (χ0) is 27.5. The first-order chi connectivity index (χ1) is 18.0. The molecular formula is C27H21F6N3O2. The van der Waals surface area contributed by atoms with E-state index < -0.39 is 29.4 Å². The molecule has 0 atom stereocenters. The molecule has 198 valence electrons. The highest BCUT2D eigenvalue weighted by Crippen LogP contribution is 2.38. The van der Waals surface area contributed by atoms with Gasteiger partial charge in [-0.3, -0.25) is 9.36 Å². The summed E-state index contributed by atoms with van der Waals surface area (Å²) in [6.07, 6.45) is -6.62. The van der Waals surface area contributed by atoms with Gasteiger partial charge >= 0.3 is 12.4 Å². The quantitative estimate of drug-likeness (QED) is 0.274. The molecule has 38 heavy (non-hydrogen) atoms. The average Bonchev–Trinajstić information content (AvgIpc) is 3.38. The van der Waals surface area contributed by atoms with E-state index in [1.54, 1.807) is 7.11 Å². The predicted molar refractivity (Wildman–Crippen MR) is 128 cm³/mol. The smallest absolute Gasteiger partial charge is 0.416 e. The van der Waals surface area contributed by atoms with Gasteiger partial charge in [0.25, 0.3) is 5.91 Å². The van der Waals surface area contributed by atoms with Crippen molar-refractivity contribution in [1.82, 2.24) is 14.9 Å². The Hall–Kier alpha value is -4.28. The van der Waals surface area contributed by atoms with Crippen LogP contribution in [0.4, 0.5) is 26.3 Å². The fourth-order valence-corrected chi connectivity index (χ4v) is 3.92. The van der Waals surface area contributed by atoms with E-state index in [1.807, 2.05) is 24.3 Å². The fraction of sp³-hybridized carbons (Fsp3) is 0.185. The van der Waals surface area contributed by atoms with Crippen molar-refractivity contribution in [3.63, 3.8) is 0 Å². The van der Waals surface area contributed by atoms with Crippen LogP contribution < -0.4 is 10.1 Å². The van der Waals surface area contributed by atoms with E-state index in [9.17, 15) is 31.1 Å². The molecular weight excluding hydrogens is 512 g/mol. The van der Waals surface area contributed by atoms with E-state index in [0.717, 1.165) is 5.56 Å². The van der Waals surface area contributed by atoms with E-state index in [4.69, 9.17) is 4.74 Å². The monoisotopic (exact) mass is 533 g/mol. The van der Waals surface area contributed by atoms with Crippen molar-refractivity contribution in [2.75, 3.05) is 13.7 Å². The number of amides is 1. The number of benzene rings is 3. The van der Waals surface area contributed by atoms with E-state index >= 15 is 0 Å². The molecule has 0 saturated carbocycles. The van der Waals surface area contributed by atoms with E-state index in [-0.39, 0.29) is 22.9 Å². The number of hydrogen-bond acceptors (Lipinski definition) is 3. The number of carbonyl (C=O) groups is 1. The minimum absolute atomic E-state index is 0.0854. The van der Waals surface area contributed by atoms with Crippen LogP contribution in [0.3, 0.4) is 0 Å². The number of halogens is 6. The molecule has 5 nitrogen and oxygen atoms in total. The number of nitrogens with zero attached hydrogens (tertiary/aromatic N) is 2. The minimum Gasteiger partial charge on any atom is -0.496 e. The van der Waals surface area contributed by atoms with E-state index in [1.165, 1.54) is 41.4 Å². The van der Waals surface area contributed by atoms with Crippen LogP contribution >= 0.6 is 0 Å². The number of hydrogen-bond donors (Lipinski definition) is 1. The van der Waals surface area contributed by atoms with Crippen molar-refractivity contribution in [2.24, 2.45) is 0 Å². The molecule has 0 unspecified atom stereocenters. The first-order valence-corrected chi connectivity index (χ1v) is 11.3. The summed E-state index contributed by atoms with van der Waals surface area (Å²) >= 11 is 0. The molecule has 1 heterocycles. The molecule has 11 heteroatoms. The Bertz CT molecular complexity index is 1390. The van der Waals surface area contributed by atoms with Crippen molar-refractivity contribution in [3.8, 4) is 22.6 Å². The molecule has 0 saturated heterocycles. The Labute approximate surface area is 213 Å². The van der Waals surface area contributed by atoms with Gasteiger partial charge in [0.2, 0.25) is 0 Å². The van der Waals surface area contributed by atoms with Crippen molar-refractivity contribution in [3.05, 3.63) is 102 Å². The molecule has 3 aromatic carbocycles. The summed E-state index contributed by atoms with van der Waals surface area (Å²) in [6, 6.07) is 14.6. The molecule has 0 radical (unpaired) electrons. The molecule has 0 fully saturated rings. The topological polar surface area (TPSA) is 56.1 Å². The normalized spacial score (nSPS) is 11.9. The van der Waals surface area contributed by atoms with Gasteiger partial charge in [-0.1, -0.05) is 30.3 Å². The third-order valence-electron chi connectivity index (χ3n) is 5.81. The maximum Gasteiger partial charge on any atom is 0.416 e. The molecule has 4 rings (SSSR count). The summed E-state index contributed by atoms with van der Waals surface area (Å²) in [4.78, 5) is 16.8. The van der Waals surface area contributed by atoms with Crippen LogP contribution in [0.15, 0.2) is 79.3 Å². The highest BCUT2D eigenvalue weighted by molar-refractivity contribution is 5.93. The van der Waals surface area contributed by atoms with Crippen molar-refractivity contribution < 1.29 is 35.9 Å². The molecule has 1 aromatic heterocycles. The number of nitrogens with one attached hydrogen (secondary N) is 1. The third kappa shape index (κ3) is 5.99. The van der Waals surface area contributed by atoms with Gasteiger partial charge < -0.3 is 10.1 Å². The van der Waals surface area contributed by atoms with Gasteiger partial charge in [0.05, 0.1) is 30.8 Å². The summed E-state index contributed by atoms with van der Waals surface area (Å²) in [7, 11) is 1.56. The Morgan fingerprint density at radius 2 is 1.53 bits per heavy atom. The van der Waals surface area contributed by atoms with Gasteiger partial charge in [0.1, 0.15) is 11.4 Å². The third-order valence-corrected chi connectivity index (χ3v) is 5.81. The first kappa shape index (κ1) is 26.8. The second kappa shape index (κ2) is 10.6. The molecule has 1 amide bonds. The molecule has 0 aliphatic carbocycles. The summed E-state index contributed by atoms with van der Waals surface area (Å²) < 4.78 is 86.1. The van der Waals surface area contributed by atoms with Gasteiger partial charge in [-0.2, -0.15) is 26.3 Å². The molecule has 1 N–H and O–H groups in total. The number of para-hydroxylation sites is 1. The Kier molecular flexibility index (Phi) is 7.47. The van der Waals surface area contributed by atoms with Crippen LogP contribution in [0, 0.1) is 0 Å². The van der Waals surface area contributed by atoms with Gasteiger partial charge in [0, 0.05) is 12.2 Å². The number of alkyl halides is 6. The number of methoxy groups -OCH3 is 1. The highest BCUT2D eigenvalue weighted by atomic mass is 19.4. The molecule has 0 bridgehead atoms. The van der Waals surface area contributed by atoms with Crippen molar-refractivity contribution in [1.29, 1.82) is 0 Å². The van der Waals surface area contributed by atoms with Crippen LogP contribution in [-0.2, 0) is 18.8 Å². The lowest BCUT2D eigenvalue weighted by atomic mass is 9.99. The van der Waals surface area contributed by atoms with Crippen LogP contribution in [0.25, 0.3) is 16.8 Å². The Morgan fingerprint density at radius 3 is 2.13 bits per heavy atom. The molecule has 0 spiro atoms. The summed E-state index contributed by atoms with van der Waals surface area (Å²) in [5.41, 5.74) is -1.31. The largest absolute Gasteiger partial charge is 0.496 e. The van der Waals surface area contributed by atoms with Crippen molar-refractivity contribution >= 4 is 5.91 Å². The Balaban J connectivity index is 1.53. The van der Waals surface area contributed by atoms with E-state index in [2.05, 4.69) is 10.3 Å². The van der Waals surface area contributed by atoms with Gasteiger partial charge in [-0.05, 0) is 59.5 Å². The van der Waals surface area contributed by atoms with Crippen LogP contribution in [0.1, 0.15) is 27.2 Å². The van der Waals surface area contributed by atoms with Crippen LogP contribution in [0.5, 0.6) is 5.75 Å². The SMILES string of the molecule is COc1ccccc1CCNC(=O)c1cncn1-c1ccc(-c2cc(C(F)(F)F)cc(C(F)(F)F)c2)cc1. The lowest BCUT2D eigenvalue weighted by Gasteiger charge is -2.15. The number of carbonyl (C=O) groups excluding carboxylic acids is 1. The number of aromatic nitrogens is 2. The molecule has 4 aromatic rings. The molecule has 0 aliphatic heterocycles. The fourth-order valence-electron chi connectivity index (χ4n) is 3.92. The number of rotatable bonds is 7. The zero-order valence-corrected chi connectivity index (χ0v) is 19.9. The lowest BCUT2D eigenvalue weighted by molar-refractivity contribution is -0.143. The number of ether oxygens (including phenoxy) is 1. The minimum atomic E-state index is -4.94. The first-order valence-electron chi connectivity index (χ1n) is 11.3. The maximum atomic E-state index is 13.2. The van der Waals surface area contributed by atoms with Crippen molar-refractivity contribution in [2.45, 2.75) is 18.8 Å². The summed E-state index contributed by atoms with van der Waals surface area (Å²) in [5.74, 6) is 0.296. The lowest BCUT2D eigenvalue weighted by Crippen LogP contribution is -2.27. The highest BCUT2D eigenvalue weighted by Gasteiger charge is 2.37. The second-order valence-electron chi connectivity index (χ2n) is 8.31. The number of imidazole rings is 1. The average molecular weight is 533 g/mol. The second-order valence-corrected chi connectivity index (χ2v) is 8.31. The Morgan fingerprint density at radius 1 is 0.895 bits per heavy atom. The van der Waals surface area contributed by atoms with E-state index in [0.29, 0.717) is 36.5 Å². The standard InChI is InChI=1S/C27H21F6N3O2/c1-38-24-5-3-2-4-18(24)10-11-35-25(37)23-15-34-16-36(23)22-8-6-17(7-9-22)19-12-20(26(28,29)30)14-21(13-19)27(31,32)33/h2-9,12-16H,10-11H2,1H3,(H,35,37). The van der Waals surface area contributed by atoms with Gasteiger partial charge in [0.15, 0.2) is 0 Å². The summed E-state index contributed by atoms with van der Waals surface area (Å²) in [6.45, 7) is 0.320. The van der Waals surface area contributed by atoms with Crippen LogP contribution in [-0.4, -0.2) is 29.1 Å². The van der Waals surface area contributed by atoms with Gasteiger partial charge in [-0.15, -0.1) is 0 Å². The summed E-state index contributed by atoms with van der Waals surface area (Å²) in [5, 5.41) is 2.80. The zero-order valence-electron chi connectivity index (χ0n) is 19.9. The van der Waals surface area contributed by atoms with Crippen LogP contribution in [0.2, 0.25) is 0 Å². The molecule has 0 aliphatic rings.